The third-order valence-corrected chi connectivity index (χ3v) is 3.72. The van der Waals surface area contributed by atoms with Crippen molar-refractivity contribution in [3.8, 4) is 5.75 Å². The van der Waals surface area contributed by atoms with E-state index in [1.165, 1.54) is 4.68 Å². The highest BCUT2D eigenvalue weighted by atomic mass is 16.6. The van der Waals surface area contributed by atoms with Gasteiger partial charge in [-0.05, 0) is 24.0 Å². The van der Waals surface area contributed by atoms with Gasteiger partial charge in [-0.3, -0.25) is 10.1 Å². The number of ether oxygens (including phenoxy) is 1. The maximum Gasteiger partial charge on any atom is 0.333 e. The molecular formula is C17H24N4O3. The molecule has 0 fully saturated rings. The van der Waals surface area contributed by atoms with Crippen LogP contribution in [0.2, 0.25) is 0 Å². The van der Waals surface area contributed by atoms with Crippen molar-refractivity contribution in [1.82, 2.24) is 9.78 Å². The predicted molar refractivity (Wildman–Crippen MR) is 93.7 cm³/mol. The van der Waals surface area contributed by atoms with Gasteiger partial charge in [0.1, 0.15) is 18.1 Å². The molecule has 0 spiro atoms. The Morgan fingerprint density at radius 2 is 2.00 bits per heavy atom. The second-order valence-electron chi connectivity index (χ2n) is 6.68. The number of hydrogen-bond acceptors (Lipinski definition) is 5. The zero-order chi connectivity index (χ0) is 17.9. The van der Waals surface area contributed by atoms with Gasteiger partial charge < -0.3 is 10.1 Å². The van der Waals surface area contributed by atoms with Gasteiger partial charge in [-0.25, -0.2) is 4.68 Å². The average molecular weight is 332 g/mol. The molecule has 2 rings (SSSR count). The van der Waals surface area contributed by atoms with Gasteiger partial charge in [-0.15, -0.1) is 0 Å². The van der Waals surface area contributed by atoms with Gasteiger partial charge in [-0.1, -0.05) is 39.0 Å². The van der Waals surface area contributed by atoms with E-state index < -0.39 is 4.92 Å². The van der Waals surface area contributed by atoms with Crippen LogP contribution >= 0.6 is 0 Å². The smallest absolute Gasteiger partial charge is 0.333 e. The van der Waals surface area contributed by atoms with Gasteiger partial charge in [0.05, 0.1) is 11.5 Å². The Morgan fingerprint density at radius 3 is 2.62 bits per heavy atom. The summed E-state index contributed by atoms with van der Waals surface area (Å²) in [5.74, 6) is 1.23. The number of anilines is 1. The number of hydrogen-bond donors (Lipinski definition) is 1. The lowest BCUT2D eigenvalue weighted by Crippen LogP contribution is -2.17. The topological polar surface area (TPSA) is 82.2 Å². The fourth-order valence-electron chi connectivity index (χ4n) is 2.61. The van der Waals surface area contributed by atoms with Crippen LogP contribution < -0.4 is 10.1 Å². The molecule has 1 aromatic carbocycles. The highest BCUT2D eigenvalue weighted by molar-refractivity contribution is 5.59. The standard InChI is InChI=1S/C17H24N4O3/c1-12-15(21(22)23)16(20(5)19-12)18-10-11-24-14-9-7-6-8-13(14)17(2,3)4/h6-9,18H,10-11H2,1-5H3. The molecule has 0 unspecified atom stereocenters. The first-order valence-electron chi connectivity index (χ1n) is 7.86. The van der Waals surface area contributed by atoms with Crippen molar-refractivity contribution in [2.45, 2.75) is 33.1 Å². The summed E-state index contributed by atoms with van der Waals surface area (Å²) in [5, 5.41) is 18.3. The maximum atomic E-state index is 11.1. The molecule has 24 heavy (non-hydrogen) atoms. The number of nitrogens with zero attached hydrogens (tertiary/aromatic N) is 3. The summed E-state index contributed by atoms with van der Waals surface area (Å²) in [6.45, 7) is 8.87. The van der Waals surface area contributed by atoms with Crippen LogP contribution in [-0.4, -0.2) is 27.9 Å². The molecule has 0 aliphatic rings. The van der Waals surface area contributed by atoms with E-state index in [2.05, 4.69) is 37.3 Å². The molecule has 7 heteroatoms. The molecule has 0 aliphatic heterocycles. The molecule has 0 aliphatic carbocycles. The third-order valence-electron chi connectivity index (χ3n) is 3.72. The Kier molecular flexibility index (Phi) is 5.11. The Labute approximate surface area is 141 Å². The number of aromatic nitrogens is 2. The van der Waals surface area contributed by atoms with Gasteiger partial charge in [0.25, 0.3) is 0 Å². The Hall–Kier alpha value is -2.57. The first-order valence-corrected chi connectivity index (χ1v) is 7.86. The summed E-state index contributed by atoms with van der Waals surface area (Å²) in [5.41, 5.74) is 1.52. The molecule has 1 heterocycles. The van der Waals surface area contributed by atoms with Gasteiger partial charge in [-0.2, -0.15) is 5.10 Å². The van der Waals surface area contributed by atoms with E-state index in [1.54, 1.807) is 14.0 Å². The van der Waals surface area contributed by atoms with Crippen LogP contribution in [0.1, 0.15) is 32.0 Å². The largest absolute Gasteiger partial charge is 0.491 e. The average Bonchev–Trinajstić information content (AvgIpc) is 2.77. The van der Waals surface area contributed by atoms with Gasteiger partial charge in [0, 0.05) is 7.05 Å². The Balaban J connectivity index is 2.02. The molecule has 1 N–H and O–H groups in total. The number of benzene rings is 1. The van der Waals surface area contributed by atoms with E-state index >= 15 is 0 Å². The number of nitro groups is 1. The minimum atomic E-state index is -0.416. The minimum absolute atomic E-state index is 0.00703. The predicted octanol–water partition coefficient (Wildman–Crippen LogP) is 3.43. The molecule has 0 radical (unpaired) electrons. The summed E-state index contributed by atoms with van der Waals surface area (Å²) < 4.78 is 7.35. The first kappa shape index (κ1) is 17.8. The van der Waals surface area contributed by atoms with Gasteiger partial charge in [0.15, 0.2) is 0 Å². The normalized spacial score (nSPS) is 11.4. The van der Waals surface area contributed by atoms with Crippen LogP contribution in [-0.2, 0) is 12.5 Å². The molecule has 1 aromatic heterocycles. The fraction of sp³-hybridized carbons (Fsp3) is 0.471. The van der Waals surface area contributed by atoms with Crippen LogP contribution in [0.15, 0.2) is 24.3 Å². The lowest BCUT2D eigenvalue weighted by atomic mass is 9.86. The van der Waals surface area contributed by atoms with Gasteiger partial charge in [0.2, 0.25) is 5.82 Å². The Morgan fingerprint density at radius 1 is 1.33 bits per heavy atom. The van der Waals surface area contributed by atoms with E-state index in [9.17, 15) is 10.1 Å². The number of aryl methyl sites for hydroxylation is 2. The van der Waals surface area contributed by atoms with E-state index in [0.29, 0.717) is 24.7 Å². The van der Waals surface area contributed by atoms with Crippen molar-refractivity contribution in [2.75, 3.05) is 18.5 Å². The molecule has 0 amide bonds. The fourth-order valence-corrected chi connectivity index (χ4v) is 2.61. The zero-order valence-electron chi connectivity index (χ0n) is 14.8. The molecule has 7 nitrogen and oxygen atoms in total. The molecule has 0 bridgehead atoms. The number of rotatable bonds is 6. The van der Waals surface area contributed by atoms with Crippen LogP contribution in [0.5, 0.6) is 5.75 Å². The lowest BCUT2D eigenvalue weighted by Gasteiger charge is -2.22. The van der Waals surface area contributed by atoms with E-state index in [1.807, 2.05) is 18.2 Å². The lowest BCUT2D eigenvalue weighted by molar-refractivity contribution is -0.384. The Bertz CT molecular complexity index is 732. The third kappa shape index (κ3) is 3.84. The summed E-state index contributed by atoms with van der Waals surface area (Å²) in [6, 6.07) is 7.93. The summed E-state index contributed by atoms with van der Waals surface area (Å²) in [7, 11) is 1.68. The van der Waals surface area contributed by atoms with Crippen molar-refractivity contribution < 1.29 is 9.66 Å². The quantitative estimate of drug-likeness (QED) is 0.498. The van der Waals surface area contributed by atoms with Crippen molar-refractivity contribution >= 4 is 11.5 Å². The van der Waals surface area contributed by atoms with E-state index in [4.69, 9.17) is 4.74 Å². The summed E-state index contributed by atoms with van der Waals surface area (Å²) in [4.78, 5) is 10.7. The van der Waals surface area contributed by atoms with Gasteiger partial charge >= 0.3 is 5.69 Å². The van der Waals surface area contributed by atoms with Crippen molar-refractivity contribution in [3.05, 3.63) is 45.6 Å². The molecule has 2 aromatic rings. The van der Waals surface area contributed by atoms with Crippen molar-refractivity contribution in [2.24, 2.45) is 7.05 Å². The second-order valence-corrected chi connectivity index (χ2v) is 6.68. The summed E-state index contributed by atoms with van der Waals surface area (Å²) in [6.07, 6.45) is 0. The zero-order valence-corrected chi connectivity index (χ0v) is 14.8. The van der Waals surface area contributed by atoms with E-state index in [-0.39, 0.29) is 11.1 Å². The van der Waals surface area contributed by atoms with Crippen LogP contribution in [0.3, 0.4) is 0 Å². The summed E-state index contributed by atoms with van der Waals surface area (Å²) >= 11 is 0. The number of nitrogens with one attached hydrogen (secondary N) is 1. The highest BCUT2D eigenvalue weighted by Crippen LogP contribution is 2.31. The molecule has 0 saturated carbocycles. The molecule has 130 valence electrons. The minimum Gasteiger partial charge on any atom is -0.491 e. The van der Waals surface area contributed by atoms with Crippen molar-refractivity contribution in [3.63, 3.8) is 0 Å². The molecular weight excluding hydrogens is 308 g/mol. The first-order chi connectivity index (χ1) is 11.2. The molecule has 0 atom stereocenters. The molecule has 0 saturated heterocycles. The maximum absolute atomic E-state index is 11.1. The number of para-hydroxylation sites is 1. The van der Waals surface area contributed by atoms with Crippen molar-refractivity contribution in [1.29, 1.82) is 0 Å². The second kappa shape index (κ2) is 6.90. The van der Waals surface area contributed by atoms with E-state index in [0.717, 1.165) is 11.3 Å². The monoisotopic (exact) mass is 332 g/mol. The van der Waals surface area contributed by atoms with Crippen LogP contribution in [0, 0.1) is 17.0 Å². The van der Waals surface area contributed by atoms with Crippen LogP contribution in [0.4, 0.5) is 11.5 Å². The SMILES string of the molecule is Cc1nn(C)c(NCCOc2ccccc2C(C)(C)C)c1[N+](=O)[O-]. The van der Waals surface area contributed by atoms with Crippen LogP contribution in [0.25, 0.3) is 0 Å². The highest BCUT2D eigenvalue weighted by Gasteiger charge is 2.23.